The third-order valence-electron chi connectivity index (χ3n) is 1.91. The minimum atomic E-state index is -4.38. The van der Waals surface area contributed by atoms with Crippen molar-refractivity contribution in [2.45, 2.75) is 4.90 Å². The van der Waals surface area contributed by atoms with Crippen LogP contribution in [0.25, 0.3) is 0 Å². The maximum absolute atomic E-state index is 11.0. The normalized spacial score (nSPS) is 15.0. The van der Waals surface area contributed by atoms with Crippen LogP contribution >= 0.6 is 0 Å². The van der Waals surface area contributed by atoms with Gasteiger partial charge >= 0.3 is 11.9 Å². The number of carbonyl (C=O) groups is 2. The molecule has 0 fully saturated rings. The lowest BCUT2D eigenvalue weighted by atomic mass is 10.1. The first-order valence-electron chi connectivity index (χ1n) is 3.77. The van der Waals surface area contributed by atoms with E-state index < -0.39 is 27.0 Å². The summed E-state index contributed by atoms with van der Waals surface area (Å²) in [6.07, 6.45) is 0. The summed E-state index contributed by atoms with van der Waals surface area (Å²) in [6, 6.07) is 3.04. The van der Waals surface area contributed by atoms with Crippen molar-refractivity contribution in [1.82, 2.24) is 0 Å². The highest BCUT2D eigenvalue weighted by Crippen LogP contribution is 2.22. The molecule has 1 aromatic carbocycles. The van der Waals surface area contributed by atoms with Crippen molar-refractivity contribution in [3.63, 3.8) is 0 Å². The molecule has 1 heterocycles. The van der Waals surface area contributed by atoms with E-state index in [4.69, 9.17) is 4.55 Å². The van der Waals surface area contributed by atoms with E-state index in [1.807, 2.05) is 0 Å². The van der Waals surface area contributed by atoms with E-state index in [-0.39, 0.29) is 11.1 Å². The van der Waals surface area contributed by atoms with Crippen molar-refractivity contribution >= 4 is 22.1 Å². The molecule has 0 unspecified atom stereocenters. The topological polar surface area (TPSA) is 97.7 Å². The Morgan fingerprint density at radius 3 is 2.27 bits per heavy atom. The second-order valence-corrected chi connectivity index (χ2v) is 4.28. The van der Waals surface area contributed by atoms with Gasteiger partial charge in [0.05, 0.1) is 16.0 Å². The third-order valence-corrected chi connectivity index (χ3v) is 2.76. The van der Waals surface area contributed by atoms with Crippen LogP contribution in [0.5, 0.6) is 0 Å². The van der Waals surface area contributed by atoms with Crippen LogP contribution in [0.2, 0.25) is 0 Å². The number of esters is 2. The summed E-state index contributed by atoms with van der Waals surface area (Å²) < 4.78 is 34.4. The zero-order chi connectivity index (χ0) is 11.2. The summed E-state index contributed by atoms with van der Waals surface area (Å²) in [7, 11) is -4.38. The summed E-state index contributed by atoms with van der Waals surface area (Å²) in [5.74, 6) is -1.74. The summed E-state index contributed by atoms with van der Waals surface area (Å²) >= 11 is 0. The summed E-state index contributed by atoms with van der Waals surface area (Å²) in [6.45, 7) is 0. The molecule has 1 N–H and O–H groups in total. The molecule has 78 valence electrons. The zero-order valence-electron chi connectivity index (χ0n) is 7.13. The fraction of sp³-hybridized carbons (Fsp3) is 0. The highest BCUT2D eigenvalue weighted by molar-refractivity contribution is 7.85. The number of cyclic esters (lactones) is 2. The predicted molar refractivity (Wildman–Crippen MR) is 46.0 cm³/mol. The monoisotopic (exact) mass is 228 g/mol. The van der Waals surface area contributed by atoms with Crippen molar-refractivity contribution in [2.75, 3.05) is 0 Å². The minimum Gasteiger partial charge on any atom is -0.386 e. The average Bonchev–Trinajstić information content (AvgIpc) is 2.41. The van der Waals surface area contributed by atoms with E-state index in [0.29, 0.717) is 0 Å². The smallest absolute Gasteiger partial charge is 0.346 e. The van der Waals surface area contributed by atoms with Gasteiger partial charge in [-0.25, -0.2) is 9.59 Å². The summed E-state index contributed by atoms with van der Waals surface area (Å²) in [4.78, 5) is 21.6. The van der Waals surface area contributed by atoms with Gasteiger partial charge in [-0.05, 0) is 18.2 Å². The SMILES string of the molecule is O=C1OC(=O)c2cc(S(=O)(=O)O)ccc21. The summed E-state index contributed by atoms with van der Waals surface area (Å²) in [5.41, 5.74) is -0.164. The molecule has 15 heavy (non-hydrogen) atoms. The maximum atomic E-state index is 11.0. The van der Waals surface area contributed by atoms with Crippen LogP contribution in [0.15, 0.2) is 23.1 Å². The van der Waals surface area contributed by atoms with Gasteiger partial charge < -0.3 is 4.74 Å². The van der Waals surface area contributed by atoms with Crippen LogP contribution in [0, 0.1) is 0 Å². The molecule has 0 aromatic heterocycles. The lowest BCUT2D eigenvalue weighted by molar-refractivity contribution is 0.0443. The van der Waals surface area contributed by atoms with Gasteiger partial charge in [-0.15, -0.1) is 0 Å². The summed E-state index contributed by atoms with van der Waals surface area (Å²) in [5, 5.41) is 0. The fourth-order valence-electron chi connectivity index (χ4n) is 1.22. The van der Waals surface area contributed by atoms with Gasteiger partial charge in [-0.2, -0.15) is 8.42 Å². The molecule has 0 amide bonds. The molecule has 6 nitrogen and oxygen atoms in total. The van der Waals surface area contributed by atoms with Crippen molar-refractivity contribution in [2.24, 2.45) is 0 Å². The standard InChI is InChI=1S/C8H4O6S/c9-7-5-2-1-4(15(11,12)13)3-6(5)8(10)14-7/h1-3H,(H,11,12,13). The highest BCUT2D eigenvalue weighted by Gasteiger charge is 2.30. The Bertz CT molecular complexity index is 571. The fourth-order valence-corrected chi connectivity index (χ4v) is 1.73. The Hall–Kier alpha value is -1.73. The molecule has 0 spiro atoms. The van der Waals surface area contributed by atoms with E-state index in [1.54, 1.807) is 0 Å². The number of hydrogen-bond donors (Lipinski definition) is 1. The Morgan fingerprint density at radius 1 is 1.07 bits per heavy atom. The van der Waals surface area contributed by atoms with Crippen LogP contribution < -0.4 is 0 Å². The van der Waals surface area contributed by atoms with Crippen LogP contribution in [0.4, 0.5) is 0 Å². The molecular formula is C8H4O6S. The lowest BCUT2D eigenvalue weighted by Gasteiger charge is -1.97. The molecule has 0 radical (unpaired) electrons. The van der Waals surface area contributed by atoms with Gasteiger partial charge in [0.15, 0.2) is 0 Å². The van der Waals surface area contributed by atoms with Gasteiger partial charge in [0, 0.05) is 0 Å². The van der Waals surface area contributed by atoms with Gasteiger partial charge in [0.2, 0.25) is 0 Å². The second-order valence-electron chi connectivity index (χ2n) is 2.86. The number of fused-ring (bicyclic) bond motifs is 1. The van der Waals surface area contributed by atoms with Gasteiger partial charge in [0.25, 0.3) is 10.1 Å². The van der Waals surface area contributed by atoms with E-state index in [1.165, 1.54) is 0 Å². The number of ether oxygens (including phenoxy) is 1. The predicted octanol–water partition coefficient (Wildman–Crippen LogP) is 0.244. The van der Waals surface area contributed by atoms with Crippen molar-refractivity contribution in [1.29, 1.82) is 0 Å². The van der Waals surface area contributed by atoms with Crippen LogP contribution in [0.1, 0.15) is 20.7 Å². The van der Waals surface area contributed by atoms with E-state index >= 15 is 0 Å². The van der Waals surface area contributed by atoms with Crippen molar-refractivity contribution < 1.29 is 27.3 Å². The first-order valence-corrected chi connectivity index (χ1v) is 5.21. The van der Waals surface area contributed by atoms with E-state index in [2.05, 4.69) is 4.74 Å². The second kappa shape index (κ2) is 2.88. The van der Waals surface area contributed by atoms with Gasteiger partial charge in [0.1, 0.15) is 0 Å². The Morgan fingerprint density at radius 2 is 1.67 bits per heavy atom. The average molecular weight is 228 g/mol. The van der Waals surface area contributed by atoms with E-state index in [9.17, 15) is 18.0 Å². The molecule has 0 bridgehead atoms. The van der Waals surface area contributed by atoms with Crippen LogP contribution in [0.3, 0.4) is 0 Å². The molecule has 1 aliphatic rings. The quantitative estimate of drug-likeness (QED) is 0.420. The number of rotatable bonds is 1. The maximum Gasteiger partial charge on any atom is 0.346 e. The Labute approximate surface area is 84.2 Å². The number of benzene rings is 1. The third kappa shape index (κ3) is 1.51. The number of hydrogen-bond acceptors (Lipinski definition) is 5. The molecule has 0 aliphatic carbocycles. The zero-order valence-corrected chi connectivity index (χ0v) is 7.95. The molecule has 0 atom stereocenters. The molecule has 1 aromatic rings. The lowest BCUT2D eigenvalue weighted by Crippen LogP contribution is -2.01. The Kier molecular flexibility index (Phi) is 1.88. The molecule has 0 saturated carbocycles. The molecule has 7 heteroatoms. The molecule has 2 rings (SSSR count). The largest absolute Gasteiger partial charge is 0.386 e. The Balaban J connectivity index is 2.67. The first kappa shape index (κ1) is 9.81. The molecule has 1 aliphatic heterocycles. The molecule has 0 saturated heterocycles. The molecular weight excluding hydrogens is 224 g/mol. The van der Waals surface area contributed by atoms with Crippen molar-refractivity contribution in [3.8, 4) is 0 Å². The minimum absolute atomic E-state index is 0.00704. The van der Waals surface area contributed by atoms with Gasteiger partial charge in [-0.1, -0.05) is 0 Å². The van der Waals surface area contributed by atoms with Crippen molar-refractivity contribution in [3.05, 3.63) is 29.3 Å². The van der Waals surface area contributed by atoms with E-state index in [0.717, 1.165) is 18.2 Å². The number of carbonyl (C=O) groups excluding carboxylic acids is 2. The van der Waals surface area contributed by atoms with Gasteiger partial charge in [-0.3, -0.25) is 4.55 Å². The van der Waals surface area contributed by atoms with Crippen LogP contribution in [-0.2, 0) is 14.9 Å². The van der Waals surface area contributed by atoms with Crippen LogP contribution in [-0.4, -0.2) is 24.9 Å². The first-order chi connectivity index (χ1) is 6.89. The highest BCUT2D eigenvalue weighted by atomic mass is 32.2.